The van der Waals surface area contributed by atoms with Gasteiger partial charge in [0.05, 0.1) is 11.1 Å². The number of aliphatic hydroxyl groups excluding tert-OH is 7. The Kier molecular flexibility index (Phi) is 7.40. The smallest absolute Gasteiger partial charge is 0.377 e. The van der Waals surface area contributed by atoms with Crippen molar-refractivity contribution in [1.82, 2.24) is 0 Å². The summed E-state index contributed by atoms with van der Waals surface area (Å²) in [5.74, 6) is -5.97. The molecule has 8 atom stereocenters. The Balaban J connectivity index is 1.87. The first-order chi connectivity index (χ1) is 15.9. The molecule has 1 aromatic carbocycles. The number of benzene rings is 1. The number of rotatable bonds is 7. The number of hydrogen-bond acceptors (Lipinski definition) is 13. The summed E-state index contributed by atoms with van der Waals surface area (Å²) < 4.78 is 14.9. The maximum atomic E-state index is 12.7. The zero-order chi connectivity index (χ0) is 25.3. The predicted octanol–water partition coefficient (Wildman–Crippen LogP) is -2.29. The minimum absolute atomic E-state index is 0.251. The van der Waals surface area contributed by atoms with E-state index < -0.39 is 84.9 Å². The minimum Gasteiger partial charge on any atom is -0.505 e. The van der Waals surface area contributed by atoms with E-state index in [4.69, 9.17) is 14.6 Å². The molecule has 2 aliphatic rings. The van der Waals surface area contributed by atoms with E-state index in [1.807, 2.05) is 0 Å². The van der Waals surface area contributed by atoms with Crippen molar-refractivity contribution in [2.24, 2.45) is 0 Å². The molecule has 0 aromatic heterocycles. The number of carbonyl (C=O) groups is 3. The molecule has 8 N–H and O–H groups in total. The maximum Gasteiger partial charge on any atom is 0.377 e. The highest BCUT2D eigenvalue weighted by molar-refractivity contribution is 5.94. The Labute approximate surface area is 190 Å². The van der Waals surface area contributed by atoms with Crippen LogP contribution < -0.4 is 0 Å². The highest BCUT2D eigenvalue weighted by Gasteiger charge is 2.49. The number of ether oxygens (including phenoxy) is 3. The van der Waals surface area contributed by atoms with Crippen molar-refractivity contribution in [3.8, 4) is 0 Å². The summed E-state index contributed by atoms with van der Waals surface area (Å²) in [4.78, 5) is 35.3. The molecule has 0 spiro atoms. The predicted molar refractivity (Wildman–Crippen MR) is 104 cm³/mol. The number of cyclic esters (lactones) is 1. The Bertz CT molecular complexity index is 989. The summed E-state index contributed by atoms with van der Waals surface area (Å²) in [7, 11) is 0. The number of aromatic carboxylic acids is 1. The Morgan fingerprint density at radius 1 is 1.03 bits per heavy atom. The zero-order valence-corrected chi connectivity index (χ0v) is 17.2. The third-order valence-electron chi connectivity index (χ3n) is 5.36. The van der Waals surface area contributed by atoms with Gasteiger partial charge in [-0.15, -0.1) is 0 Å². The van der Waals surface area contributed by atoms with Crippen LogP contribution in [-0.4, -0.2) is 108 Å². The van der Waals surface area contributed by atoms with E-state index in [9.17, 15) is 50.1 Å². The van der Waals surface area contributed by atoms with Crippen molar-refractivity contribution in [1.29, 1.82) is 0 Å². The van der Waals surface area contributed by atoms with Gasteiger partial charge in [0, 0.05) is 6.42 Å². The number of esters is 2. The molecule has 1 fully saturated rings. The number of carboxylic acid groups (broad SMARTS) is 1. The van der Waals surface area contributed by atoms with Crippen molar-refractivity contribution in [2.75, 3.05) is 0 Å². The van der Waals surface area contributed by atoms with Crippen molar-refractivity contribution >= 4 is 17.9 Å². The fraction of sp³-hybridized carbons (Fsp3) is 0.450. The lowest BCUT2D eigenvalue weighted by atomic mass is 9.91. The first-order valence-electron chi connectivity index (χ1n) is 9.85. The lowest BCUT2D eigenvalue weighted by Gasteiger charge is -2.41. The number of carbonyl (C=O) groups excluding carboxylic acids is 2. The Morgan fingerprint density at radius 2 is 1.68 bits per heavy atom. The van der Waals surface area contributed by atoms with Crippen LogP contribution in [0.3, 0.4) is 0 Å². The Morgan fingerprint density at radius 3 is 2.26 bits per heavy atom. The van der Waals surface area contributed by atoms with E-state index in [0.717, 1.165) is 6.07 Å². The molecule has 2 aliphatic heterocycles. The molecule has 14 nitrogen and oxygen atoms in total. The number of carboxylic acids is 1. The van der Waals surface area contributed by atoms with E-state index in [2.05, 4.69) is 4.74 Å². The summed E-state index contributed by atoms with van der Waals surface area (Å²) in [5, 5.41) is 78.6. The molecule has 186 valence electrons. The van der Waals surface area contributed by atoms with E-state index in [1.54, 1.807) is 0 Å². The standard InChI is InChI=1S/C20H22O14/c21-8(15-12(24)14(26)20(31)33-15)5-9(16-11(23)10(22)13(25)19(30)34-16)32-18(29)7-3-1-2-6(4-7)17(27)28/h1-4,8-11,13,15-16,19,21-26,30H,5H2,(H,27,28)/t8?,9-,10-,11-,13+,15+,16-,19-/m0/s1. The van der Waals surface area contributed by atoms with E-state index in [1.165, 1.54) is 18.2 Å². The molecule has 0 amide bonds. The second-order valence-electron chi connectivity index (χ2n) is 7.66. The Hall–Kier alpha value is -3.27. The molecular formula is C20H22O14. The summed E-state index contributed by atoms with van der Waals surface area (Å²) in [6.45, 7) is 0. The van der Waals surface area contributed by atoms with E-state index >= 15 is 0 Å². The largest absolute Gasteiger partial charge is 0.505 e. The molecule has 3 rings (SSSR count). The average Bonchev–Trinajstić information content (AvgIpc) is 3.06. The van der Waals surface area contributed by atoms with Gasteiger partial charge in [-0.2, -0.15) is 0 Å². The van der Waals surface area contributed by atoms with Crippen LogP contribution in [0.2, 0.25) is 0 Å². The van der Waals surface area contributed by atoms with Crippen LogP contribution in [0, 0.1) is 0 Å². The normalized spacial score (nSPS) is 31.0. The lowest BCUT2D eigenvalue weighted by molar-refractivity contribution is -0.298. The highest BCUT2D eigenvalue weighted by atomic mass is 16.7. The molecular weight excluding hydrogens is 464 g/mol. The van der Waals surface area contributed by atoms with Gasteiger partial charge >= 0.3 is 17.9 Å². The third-order valence-corrected chi connectivity index (χ3v) is 5.36. The number of aliphatic hydroxyl groups is 7. The first kappa shape index (κ1) is 25.4. The summed E-state index contributed by atoms with van der Waals surface area (Å²) in [6.07, 6.45) is -15.7. The fourth-order valence-electron chi connectivity index (χ4n) is 3.52. The van der Waals surface area contributed by atoms with Crippen LogP contribution in [0.4, 0.5) is 0 Å². The first-order valence-corrected chi connectivity index (χ1v) is 9.85. The zero-order valence-electron chi connectivity index (χ0n) is 17.2. The molecule has 0 aliphatic carbocycles. The van der Waals surface area contributed by atoms with Crippen LogP contribution in [0.5, 0.6) is 0 Å². The van der Waals surface area contributed by atoms with Gasteiger partial charge in [0.1, 0.15) is 36.6 Å². The molecule has 14 heteroatoms. The van der Waals surface area contributed by atoms with Gasteiger partial charge in [-0.3, -0.25) is 0 Å². The SMILES string of the molecule is O=C1O[C@H](C(O)C[C@H](OC(=O)c2cccc(C(=O)O)c2)[C@@H]2O[C@H](O)[C@H](O)[C@@H](O)[C@@H]2O)C(O)=C1O. The van der Waals surface area contributed by atoms with Crippen molar-refractivity contribution in [3.05, 3.63) is 46.9 Å². The van der Waals surface area contributed by atoms with Crippen LogP contribution in [0.25, 0.3) is 0 Å². The molecule has 1 unspecified atom stereocenters. The van der Waals surface area contributed by atoms with Crippen molar-refractivity contribution in [3.63, 3.8) is 0 Å². The molecule has 0 bridgehead atoms. The molecule has 2 heterocycles. The van der Waals surface area contributed by atoms with Gasteiger partial charge in [-0.05, 0) is 18.2 Å². The van der Waals surface area contributed by atoms with Crippen LogP contribution in [0.1, 0.15) is 27.1 Å². The highest BCUT2D eigenvalue weighted by Crippen LogP contribution is 2.29. The fourth-order valence-corrected chi connectivity index (χ4v) is 3.52. The van der Waals surface area contributed by atoms with Gasteiger partial charge in [-0.1, -0.05) is 6.07 Å². The van der Waals surface area contributed by atoms with Gasteiger partial charge < -0.3 is 55.1 Å². The monoisotopic (exact) mass is 486 g/mol. The quantitative estimate of drug-likeness (QED) is 0.189. The van der Waals surface area contributed by atoms with Crippen LogP contribution in [-0.2, 0) is 19.0 Å². The maximum absolute atomic E-state index is 12.7. The van der Waals surface area contributed by atoms with Gasteiger partial charge in [0.2, 0.25) is 5.76 Å². The van der Waals surface area contributed by atoms with Gasteiger partial charge in [-0.25, -0.2) is 14.4 Å². The second kappa shape index (κ2) is 9.92. The summed E-state index contributed by atoms with van der Waals surface area (Å²) >= 11 is 0. The summed E-state index contributed by atoms with van der Waals surface area (Å²) in [6, 6.07) is 4.65. The lowest BCUT2D eigenvalue weighted by Crippen LogP contribution is -2.61. The summed E-state index contributed by atoms with van der Waals surface area (Å²) in [5.41, 5.74) is -0.504. The second-order valence-corrected chi connectivity index (χ2v) is 7.66. The topological polar surface area (TPSA) is 241 Å². The molecule has 34 heavy (non-hydrogen) atoms. The number of hydrogen-bond donors (Lipinski definition) is 8. The molecule has 0 saturated carbocycles. The molecule has 0 radical (unpaired) electrons. The van der Waals surface area contributed by atoms with Gasteiger partial charge in [0.15, 0.2) is 18.2 Å². The van der Waals surface area contributed by atoms with Gasteiger partial charge in [0.25, 0.3) is 0 Å². The van der Waals surface area contributed by atoms with Crippen molar-refractivity contribution in [2.45, 2.75) is 55.4 Å². The molecule has 1 aromatic rings. The molecule has 1 saturated heterocycles. The minimum atomic E-state index is -2.03. The third kappa shape index (κ3) is 4.96. The van der Waals surface area contributed by atoms with E-state index in [0.29, 0.717) is 0 Å². The van der Waals surface area contributed by atoms with Crippen LogP contribution >= 0.6 is 0 Å². The average molecular weight is 486 g/mol. The van der Waals surface area contributed by atoms with E-state index in [-0.39, 0.29) is 11.1 Å². The van der Waals surface area contributed by atoms with Crippen molar-refractivity contribution < 1.29 is 69.4 Å². The van der Waals surface area contributed by atoms with Crippen LogP contribution in [0.15, 0.2) is 35.8 Å².